The van der Waals surface area contributed by atoms with Crippen molar-refractivity contribution in [3.63, 3.8) is 0 Å². The van der Waals surface area contributed by atoms with Crippen LogP contribution in [0, 0.1) is 12.8 Å². The Balaban J connectivity index is 1.48. The van der Waals surface area contributed by atoms with Gasteiger partial charge in [0.25, 0.3) is 5.91 Å². The minimum absolute atomic E-state index is 0.0900. The highest BCUT2D eigenvalue weighted by molar-refractivity contribution is 5.96. The zero-order chi connectivity index (χ0) is 21.1. The minimum atomic E-state index is 0.0900. The zero-order valence-electron chi connectivity index (χ0n) is 17.8. The number of benzene rings is 1. The van der Waals surface area contributed by atoms with Gasteiger partial charge in [-0.2, -0.15) is 0 Å². The summed E-state index contributed by atoms with van der Waals surface area (Å²) in [5, 5.41) is 0. The number of nitrogens with zero attached hydrogens (tertiary/aromatic N) is 4. The molecule has 0 spiro atoms. The van der Waals surface area contributed by atoms with Crippen LogP contribution in [0.4, 0.5) is 0 Å². The van der Waals surface area contributed by atoms with Crippen LogP contribution in [0.2, 0.25) is 0 Å². The molecular formula is C23H28N4O3. The maximum absolute atomic E-state index is 13.1. The van der Waals surface area contributed by atoms with Crippen LogP contribution in [0.25, 0.3) is 11.2 Å². The number of amides is 1. The largest absolute Gasteiger partial charge is 0.497 e. The van der Waals surface area contributed by atoms with Crippen molar-refractivity contribution >= 4 is 17.1 Å². The number of aryl methyl sites for hydroxylation is 1. The van der Waals surface area contributed by atoms with Crippen molar-refractivity contribution < 1.29 is 14.3 Å². The van der Waals surface area contributed by atoms with Crippen LogP contribution < -0.4 is 4.74 Å². The van der Waals surface area contributed by atoms with E-state index in [0.717, 1.165) is 66.3 Å². The summed E-state index contributed by atoms with van der Waals surface area (Å²) in [6, 6.07) is 9.52. The van der Waals surface area contributed by atoms with Crippen LogP contribution in [0.3, 0.4) is 0 Å². The third-order valence-electron chi connectivity index (χ3n) is 5.81. The fourth-order valence-electron chi connectivity index (χ4n) is 4.19. The maximum atomic E-state index is 13.1. The van der Waals surface area contributed by atoms with Gasteiger partial charge in [0, 0.05) is 44.9 Å². The molecule has 2 aromatic heterocycles. The Morgan fingerprint density at radius 3 is 2.90 bits per heavy atom. The summed E-state index contributed by atoms with van der Waals surface area (Å²) in [5.41, 5.74) is 3.48. The van der Waals surface area contributed by atoms with Crippen molar-refractivity contribution in [2.24, 2.45) is 5.92 Å². The van der Waals surface area contributed by atoms with Crippen molar-refractivity contribution in [3.05, 3.63) is 53.5 Å². The summed E-state index contributed by atoms with van der Waals surface area (Å²) in [5.74, 6) is 2.26. The van der Waals surface area contributed by atoms with Crippen LogP contribution in [0.1, 0.15) is 28.2 Å². The number of rotatable bonds is 7. The van der Waals surface area contributed by atoms with E-state index in [9.17, 15) is 4.79 Å². The second kappa shape index (κ2) is 8.83. The highest BCUT2D eigenvalue weighted by Gasteiger charge is 2.29. The molecule has 7 heteroatoms. The summed E-state index contributed by atoms with van der Waals surface area (Å²) in [6.07, 6.45) is 3.59. The van der Waals surface area contributed by atoms with E-state index in [1.165, 1.54) is 0 Å². The van der Waals surface area contributed by atoms with Gasteiger partial charge in [0.15, 0.2) is 5.65 Å². The summed E-state index contributed by atoms with van der Waals surface area (Å²) in [4.78, 5) is 24.3. The third kappa shape index (κ3) is 4.03. The van der Waals surface area contributed by atoms with E-state index in [1.807, 2.05) is 42.2 Å². The molecule has 1 aliphatic rings. The Hall–Kier alpha value is -2.93. The highest BCUT2D eigenvalue weighted by Crippen LogP contribution is 2.26. The number of carbonyl (C=O) groups excluding carboxylic acids is 1. The topological polar surface area (TPSA) is 69.5 Å². The number of fused-ring (bicyclic) bond motifs is 1. The standard InChI is InChI=1S/C23H28N4O3/c1-16-13-18(30-3)6-7-19(16)23(28)26-10-8-17(15-26)14-21-25-20-5-4-9-24-22(20)27(21)11-12-29-2/h4-7,9,13,17H,8,10-12,14-15H2,1-3H3. The number of imidazole rings is 1. The monoisotopic (exact) mass is 408 g/mol. The van der Waals surface area contributed by atoms with E-state index >= 15 is 0 Å². The molecule has 0 aliphatic carbocycles. The average molecular weight is 409 g/mol. The summed E-state index contributed by atoms with van der Waals surface area (Å²) >= 11 is 0. The average Bonchev–Trinajstić information content (AvgIpc) is 3.36. The van der Waals surface area contributed by atoms with Crippen LogP contribution in [0.5, 0.6) is 5.75 Å². The Morgan fingerprint density at radius 2 is 2.13 bits per heavy atom. The Bertz CT molecular complexity index is 1050. The Morgan fingerprint density at radius 1 is 1.27 bits per heavy atom. The molecular weight excluding hydrogens is 380 g/mol. The molecule has 3 aromatic rings. The van der Waals surface area contributed by atoms with Gasteiger partial charge in [-0.15, -0.1) is 0 Å². The van der Waals surface area contributed by atoms with Gasteiger partial charge in [0.1, 0.15) is 17.1 Å². The minimum Gasteiger partial charge on any atom is -0.497 e. The Labute approximate surface area is 176 Å². The molecule has 1 fully saturated rings. The number of hydrogen-bond donors (Lipinski definition) is 0. The van der Waals surface area contributed by atoms with Gasteiger partial charge in [0.2, 0.25) is 0 Å². The predicted octanol–water partition coefficient (Wildman–Crippen LogP) is 3.10. The quantitative estimate of drug-likeness (QED) is 0.601. The first-order valence-corrected chi connectivity index (χ1v) is 10.3. The normalized spacial score (nSPS) is 16.4. The second-order valence-corrected chi connectivity index (χ2v) is 7.81. The number of pyridine rings is 1. The van der Waals surface area contributed by atoms with Gasteiger partial charge in [-0.3, -0.25) is 4.79 Å². The van der Waals surface area contributed by atoms with Gasteiger partial charge >= 0.3 is 0 Å². The molecule has 0 N–H and O–H groups in total. The van der Waals surface area contributed by atoms with E-state index in [-0.39, 0.29) is 5.91 Å². The molecule has 1 unspecified atom stereocenters. The Kier molecular flexibility index (Phi) is 5.99. The zero-order valence-corrected chi connectivity index (χ0v) is 17.8. The molecule has 7 nitrogen and oxygen atoms in total. The van der Waals surface area contributed by atoms with Crippen molar-refractivity contribution in [1.29, 1.82) is 0 Å². The molecule has 0 radical (unpaired) electrons. The van der Waals surface area contributed by atoms with Crippen LogP contribution >= 0.6 is 0 Å². The number of aromatic nitrogens is 3. The van der Waals surface area contributed by atoms with E-state index in [0.29, 0.717) is 12.5 Å². The van der Waals surface area contributed by atoms with Gasteiger partial charge in [-0.1, -0.05) is 0 Å². The first-order valence-electron chi connectivity index (χ1n) is 10.3. The maximum Gasteiger partial charge on any atom is 0.254 e. The van der Waals surface area contributed by atoms with Gasteiger partial charge in [-0.25, -0.2) is 9.97 Å². The van der Waals surface area contributed by atoms with Gasteiger partial charge < -0.3 is 18.9 Å². The molecule has 158 valence electrons. The molecule has 0 saturated carbocycles. The number of methoxy groups -OCH3 is 2. The fourth-order valence-corrected chi connectivity index (χ4v) is 4.19. The summed E-state index contributed by atoms with van der Waals surface area (Å²) in [7, 11) is 3.34. The fraction of sp³-hybridized carbons (Fsp3) is 0.435. The van der Waals surface area contributed by atoms with Crippen molar-refractivity contribution in [2.75, 3.05) is 33.9 Å². The van der Waals surface area contributed by atoms with Crippen molar-refractivity contribution in [1.82, 2.24) is 19.4 Å². The lowest BCUT2D eigenvalue weighted by Crippen LogP contribution is -2.29. The van der Waals surface area contributed by atoms with E-state index in [2.05, 4.69) is 9.55 Å². The highest BCUT2D eigenvalue weighted by atomic mass is 16.5. The summed E-state index contributed by atoms with van der Waals surface area (Å²) in [6.45, 7) is 4.80. The van der Waals surface area contributed by atoms with E-state index in [1.54, 1.807) is 20.4 Å². The predicted molar refractivity (Wildman–Crippen MR) is 115 cm³/mol. The molecule has 4 rings (SSSR count). The molecule has 1 aliphatic heterocycles. The number of hydrogen-bond acceptors (Lipinski definition) is 5. The van der Waals surface area contributed by atoms with Crippen molar-refractivity contribution in [2.45, 2.75) is 26.3 Å². The van der Waals surface area contributed by atoms with Crippen LogP contribution in [-0.4, -0.2) is 59.3 Å². The molecule has 1 atom stereocenters. The first kappa shape index (κ1) is 20.3. The lowest BCUT2D eigenvalue weighted by atomic mass is 10.0. The van der Waals surface area contributed by atoms with Crippen LogP contribution in [0.15, 0.2) is 36.5 Å². The lowest BCUT2D eigenvalue weighted by molar-refractivity contribution is 0.0786. The van der Waals surface area contributed by atoms with E-state index < -0.39 is 0 Å². The third-order valence-corrected chi connectivity index (χ3v) is 5.81. The van der Waals surface area contributed by atoms with Gasteiger partial charge in [0.05, 0.1) is 13.7 Å². The molecule has 1 aromatic carbocycles. The molecule has 30 heavy (non-hydrogen) atoms. The second-order valence-electron chi connectivity index (χ2n) is 7.81. The SMILES string of the molecule is COCCn1c(CC2CCN(C(=O)c3ccc(OC)cc3C)C2)nc2cccnc21. The van der Waals surface area contributed by atoms with E-state index in [4.69, 9.17) is 14.5 Å². The molecule has 1 saturated heterocycles. The molecule has 1 amide bonds. The number of likely N-dealkylation sites (tertiary alicyclic amines) is 1. The molecule has 3 heterocycles. The smallest absolute Gasteiger partial charge is 0.254 e. The summed E-state index contributed by atoms with van der Waals surface area (Å²) < 4.78 is 12.7. The van der Waals surface area contributed by atoms with Gasteiger partial charge in [-0.05, 0) is 55.2 Å². The number of ether oxygens (including phenoxy) is 2. The lowest BCUT2D eigenvalue weighted by Gasteiger charge is -2.18. The van der Waals surface area contributed by atoms with Crippen LogP contribution in [-0.2, 0) is 17.7 Å². The molecule has 0 bridgehead atoms. The number of carbonyl (C=O) groups is 1. The first-order chi connectivity index (χ1) is 14.6. The van der Waals surface area contributed by atoms with Crippen molar-refractivity contribution in [3.8, 4) is 5.75 Å².